The van der Waals surface area contributed by atoms with Crippen LogP contribution in [0.1, 0.15) is 12.8 Å². The van der Waals surface area contributed by atoms with E-state index in [1.807, 2.05) is 36.8 Å². The highest BCUT2D eigenvalue weighted by Gasteiger charge is 2.27. The largest absolute Gasteiger partial charge is 0.497 e. The number of hydrogen-bond acceptors (Lipinski definition) is 5. The number of methoxy groups -OCH3 is 1. The molecule has 1 saturated heterocycles. The van der Waals surface area contributed by atoms with Crippen molar-refractivity contribution in [2.75, 3.05) is 44.7 Å². The molecule has 6 nitrogen and oxygen atoms in total. The summed E-state index contributed by atoms with van der Waals surface area (Å²) in [5.41, 5.74) is 3.07. The summed E-state index contributed by atoms with van der Waals surface area (Å²) in [6.45, 7) is 5.53. The molecule has 2 aromatic heterocycles. The minimum Gasteiger partial charge on any atom is -0.497 e. The van der Waals surface area contributed by atoms with Crippen molar-refractivity contribution in [1.29, 1.82) is 0 Å². The third kappa shape index (κ3) is 3.25. The number of rotatable bonds is 5. The Balaban J connectivity index is 1.42. The number of benzene rings is 1. The number of imidazole rings is 1. The minimum atomic E-state index is 0.850. The molecule has 5 rings (SSSR count). The smallest absolute Gasteiger partial charge is 0.180 e. The number of hydrogen-bond donors (Lipinski definition) is 0. The number of ether oxygens (including phenoxy) is 1. The fourth-order valence-electron chi connectivity index (χ4n) is 3.93. The first-order valence-electron chi connectivity index (χ1n) is 9.75. The van der Waals surface area contributed by atoms with E-state index in [0.29, 0.717) is 0 Å². The Hall–Kier alpha value is -2.60. The van der Waals surface area contributed by atoms with Gasteiger partial charge in [0.05, 0.1) is 19.0 Å². The number of fused-ring (bicyclic) bond motifs is 1. The van der Waals surface area contributed by atoms with Crippen LogP contribution in [-0.4, -0.2) is 59.1 Å². The molecule has 0 spiro atoms. The van der Waals surface area contributed by atoms with Gasteiger partial charge in [0, 0.05) is 50.7 Å². The van der Waals surface area contributed by atoms with Gasteiger partial charge in [-0.05, 0) is 30.9 Å². The predicted octanol–water partition coefficient (Wildman–Crippen LogP) is 2.94. The molecule has 1 aliphatic heterocycles. The zero-order valence-electron chi connectivity index (χ0n) is 15.7. The molecule has 0 amide bonds. The van der Waals surface area contributed by atoms with Crippen molar-refractivity contribution in [3.05, 3.63) is 42.9 Å². The summed E-state index contributed by atoms with van der Waals surface area (Å²) < 4.78 is 7.50. The SMILES string of the molecule is COc1cccc(-c2cnc3c(N4CCN(CC5CC5)CC4)nccn23)c1. The van der Waals surface area contributed by atoms with Gasteiger partial charge >= 0.3 is 0 Å². The van der Waals surface area contributed by atoms with Gasteiger partial charge in [0.15, 0.2) is 11.5 Å². The van der Waals surface area contributed by atoms with Gasteiger partial charge in [-0.25, -0.2) is 9.97 Å². The van der Waals surface area contributed by atoms with E-state index in [1.165, 1.54) is 19.4 Å². The molecule has 1 aromatic carbocycles. The molecule has 27 heavy (non-hydrogen) atoms. The fourth-order valence-corrected chi connectivity index (χ4v) is 3.93. The minimum absolute atomic E-state index is 0.850. The summed E-state index contributed by atoms with van der Waals surface area (Å²) in [5.74, 6) is 2.79. The van der Waals surface area contributed by atoms with E-state index in [1.54, 1.807) is 7.11 Å². The molecule has 0 bridgehead atoms. The standard InChI is InChI=1S/C21H25N5O/c1-27-18-4-2-3-17(13-18)19-14-23-21-20(22-7-8-26(19)21)25-11-9-24(10-12-25)15-16-5-6-16/h2-4,7-8,13-14,16H,5-6,9-12,15H2,1H3. The van der Waals surface area contributed by atoms with Gasteiger partial charge in [-0.15, -0.1) is 0 Å². The summed E-state index contributed by atoms with van der Waals surface area (Å²) in [7, 11) is 1.69. The molecule has 0 unspecified atom stereocenters. The monoisotopic (exact) mass is 363 g/mol. The van der Waals surface area contributed by atoms with E-state index in [-0.39, 0.29) is 0 Å². The molecule has 6 heteroatoms. The van der Waals surface area contributed by atoms with E-state index >= 15 is 0 Å². The predicted molar refractivity (Wildman–Crippen MR) is 106 cm³/mol. The van der Waals surface area contributed by atoms with Crippen LogP contribution in [0.5, 0.6) is 5.75 Å². The fraction of sp³-hybridized carbons (Fsp3) is 0.429. The van der Waals surface area contributed by atoms with Gasteiger partial charge in [0.2, 0.25) is 0 Å². The van der Waals surface area contributed by atoms with Crippen molar-refractivity contribution in [3.63, 3.8) is 0 Å². The zero-order valence-corrected chi connectivity index (χ0v) is 15.7. The van der Waals surface area contributed by atoms with Crippen molar-refractivity contribution in [2.24, 2.45) is 5.92 Å². The second-order valence-corrected chi connectivity index (χ2v) is 7.55. The number of anilines is 1. The Morgan fingerprint density at radius 3 is 2.74 bits per heavy atom. The van der Waals surface area contributed by atoms with Crippen LogP contribution in [0.15, 0.2) is 42.9 Å². The van der Waals surface area contributed by atoms with E-state index < -0.39 is 0 Å². The third-order valence-corrected chi connectivity index (χ3v) is 5.66. The van der Waals surface area contributed by atoms with Crippen LogP contribution in [0.4, 0.5) is 5.82 Å². The average Bonchev–Trinajstić information content (AvgIpc) is 3.43. The Morgan fingerprint density at radius 1 is 1.11 bits per heavy atom. The Labute approximate surface area is 159 Å². The maximum absolute atomic E-state index is 5.37. The Kier molecular flexibility index (Phi) is 4.20. The lowest BCUT2D eigenvalue weighted by atomic mass is 10.1. The first-order valence-corrected chi connectivity index (χ1v) is 9.75. The van der Waals surface area contributed by atoms with Crippen molar-refractivity contribution in [2.45, 2.75) is 12.8 Å². The van der Waals surface area contributed by atoms with Gasteiger partial charge in [0.1, 0.15) is 5.75 Å². The molecular weight excluding hydrogens is 338 g/mol. The summed E-state index contributed by atoms with van der Waals surface area (Å²) in [4.78, 5) is 14.4. The lowest BCUT2D eigenvalue weighted by molar-refractivity contribution is 0.247. The molecule has 1 aliphatic carbocycles. The summed E-state index contributed by atoms with van der Waals surface area (Å²) >= 11 is 0. The van der Waals surface area contributed by atoms with Gasteiger partial charge in [0.25, 0.3) is 0 Å². The molecular formula is C21H25N5O. The van der Waals surface area contributed by atoms with Crippen LogP contribution in [0.25, 0.3) is 16.9 Å². The number of piperazine rings is 1. The van der Waals surface area contributed by atoms with Gasteiger partial charge < -0.3 is 9.64 Å². The summed E-state index contributed by atoms with van der Waals surface area (Å²) in [6.07, 6.45) is 8.64. The highest BCUT2D eigenvalue weighted by Crippen LogP contribution is 2.31. The van der Waals surface area contributed by atoms with Crippen molar-refractivity contribution in [1.82, 2.24) is 19.3 Å². The van der Waals surface area contributed by atoms with Gasteiger partial charge in [-0.1, -0.05) is 12.1 Å². The second-order valence-electron chi connectivity index (χ2n) is 7.55. The van der Waals surface area contributed by atoms with E-state index in [4.69, 9.17) is 9.72 Å². The molecule has 2 aliphatic rings. The first kappa shape index (κ1) is 16.6. The van der Waals surface area contributed by atoms with Gasteiger partial charge in [-0.2, -0.15) is 0 Å². The van der Waals surface area contributed by atoms with Crippen LogP contribution in [0.3, 0.4) is 0 Å². The van der Waals surface area contributed by atoms with Gasteiger partial charge in [-0.3, -0.25) is 9.30 Å². The zero-order chi connectivity index (χ0) is 18.2. The van der Waals surface area contributed by atoms with Crippen LogP contribution >= 0.6 is 0 Å². The highest BCUT2D eigenvalue weighted by atomic mass is 16.5. The summed E-state index contributed by atoms with van der Waals surface area (Å²) in [5, 5.41) is 0. The lowest BCUT2D eigenvalue weighted by Gasteiger charge is -2.35. The molecule has 1 saturated carbocycles. The van der Waals surface area contributed by atoms with Crippen molar-refractivity contribution >= 4 is 11.5 Å². The van der Waals surface area contributed by atoms with Crippen molar-refractivity contribution in [3.8, 4) is 17.0 Å². The quantitative estimate of drug-likeness (QED) is 0.697. The average molecular weight is 363 g/mol. The highest BCUT2D eigenvalue weighted by molar-refractivity contribution is 5.72. The topological polar surface area (TPSA) is 45.9 Å². The Morgan fingerprint density at radius 2 is 1.96 bits per heavy atom. The molecule has 140 valence electrons. The second kappa shape index (κ2) is 6.85. The maximum Gasteiger partial charge on any atom is 0.180 e. The van der Waals surface area contributed by atoms with Crippen LogP contribution in [0.2, 0.25) is 0 Å². The van der Waals surface area contributed by atoms with Crippen LogP contribution in [-0.2, 0) is 0 Å². The third-order valence-electron chi connectivity index (χ3n) is 5.66. The van der Waals surface area contributed by atoms with E-state index in [2.05, 4.69) is 25.3 Å². The van der Waals surface area contributed by atoms with Crippen LogP contribution < -0.4 is 9.64 Å². The van der Waals surface area contributed by atoms with E-state index in [0.717, 1.165) is 60.6 Å². The molecule has 0 radical (unpaired) electrons. The normalized spacial score (nSPS) is 18.2. The molecule has 3 aromatic rings. The molecule has 0 N–H and O–H groups in total. The molecule has 2 fully saturated rings. The lowest BCUT2D eigenvalue weighted by Crippen LogP contribution is -2.47. The number of aromatic nitrogens is 3. The Bertz CT molecular complexity index is 941. The summed E-state index contributed by atoms with van der Waals surface area (Å²) in [6, 6.07) is 8.10. The first-order chi connectivity index (χ1) is 13.3. The molecule has 0 atom stereocenters. The maximum atomic E-state index is 5.37. The van der Waals surface area contributed by atoms with Crippen molar-refractivity contribution < 1.29 is 4.74 Å². The molecule has 3 heterocycles. The van der Waals surface area contributed by atoms with E-state index in [9.17, 15) is 0 Å². The van der Waals surface area contributed by atoms with Crippen LogP contribution in [0, 0.1) is 5.92 Å². The number of nitrogens with zero attached hydrogens (tertiary/aromatic N) is 5.